The van der Waals surface area contributed by atoms with Crippen molar-refractivity contribution in [1.82, 2.24) is 0 Å². The number of hydrogen-bond acceptors (Lipinski definition) is 2. The average molecular weight is 216 g/mol. The summed E-state index contributed by atoms with van der Waals surface area (Å²) in [6, 6.07) is 8.90. The van der Waals surface area contributed by atoms with Gasteiger partial charge in [0.2, 0.25) is 0 Å². The standard InChI is InChI=1S/C13H9FO2/c14-11-5-3-10(4-6-11)13(15)8-7-12-2-1-9-16-12/h1-9H/b8-7-. The smallest absolute Gasteiger partial charge is 0.185 e. The van der Waals surface area contributed by atoms with Crippen LogP contribution in [0.5, 0.6) is 0 Å². The number of halogens is 1. The van der Waals surface area contributed by atoms with Crippen molar-refractivity contribution >= 4 is 11.9 Å². The summed E-state index contributed by atoms with van der Waals surface area (Å²) in [5.74, 6) is 0.0680. The van der Waals surface area contributed by atoms with Crippen molar-refractivity contribution in [3.63, 3.8) is 0 Å². The summed E-state index contributed by atoms with van der Waals surface area (Å²) in [6.45, 7) is 0. The van der Waals surface area contributed by atoms with E-state index in [1.54, 1.807) is 18.2 Å². The maximum atomic E-state index is 12.6. The van der Waals surface area contributed by atoms with Crippen LogP contribution in [-0.2, 0) is 0 Å². The molecule has 80 valence electrons. The van der Waals surface area contributed by atoms with E-state index >= 15 is 0 Å². The molecule has 0 atom stereocenters. The molecule has 1 heterocycles. The van der Waals surface area contributed by atoms with Crippen LogP contribution in [0.2, 0.25) is 0 Å². The second kappa shape index (κ2) is 4.57. The summed E-state index contributed by atoms with van der Waals surface area (Å²) in [4.78, 5) is 11.6. The fraction of sp³-hybridized carbons (Fsp3) is 0. The molecule has 0 fully saturated rings. The van der Waals surface area contributed by atoms with Crippen molar-refractivity contribution in [1.29, 1.82) is 0 Å². The lowest BCUT2D eigenvalue weighted by atomic mass is 10.1. The van der Waals surface area contributed by atoms with Gasteiger partial charge >= 0.3 is 0 Å². The summed E-state index contributed by atoms with van der Waals surface area (Å²) >= 11 is 0. The predicted octanol–water partition coefficient (Wildman–Crippen LogP) is 3.31. The van der Waals surface area contributed by atoms with E-state index in [0.29, 0.717) is 11.3 Å². The van der Waals surface area contributed by atoms with Crippen LogP contribution in [0.3, 0.4) is 0 Å². The lowest BCUT2D eigenvalue weighted by molar-refractivity contribution is 0.104. The summed E-state index contributed by atoms with van der Waals surface area (Å²) in [7, 11) is 0. The first kappa shape index (κ1) is 10.4. The number of carbonyl (C=O) groups is 1. The molecule has 3 heteroatoms. The lowest BCUT2D eigenvalue weighted by Gasteiger charge is -1.94. The molecule has 2 rings (SSSR count). The molecule has 0 saturated heterocycles. The summed E-state index contributed by atoms with van der Waals surface area (Å²) in [5, 5.41) is 0. The molecule has 0 bridgehead atoms. The molecule has 0 aliphatic rings. The minimum atomic E-state index is -0.355. The van der Waals surface area contributed by atoms with Crippen LogP contribution in [0.4, 0.5) is 4.39 Å². The fourth-order valence-electron chi connectivity index (χ4n) is 1.25. The maximum absolute atomic E-state index is 12.6. The van der Waals surface area contributed by atoms with Crippen molar-refractivity contribution < 1.29 is 13.6 Å². The molecule has 0 spiro atoms. The Hall–Kier alpha value is -2.16. The van der Waals surface area contributed by atoms with Gasteiger partial charge in [0.15, 0.2) is 5.78 Å². The van der Waals surface area contributed by atoms with Crippen molar-refractivity contribution in [2.24, 2.45) is 0 Å². The molecule has 0 unspecified atom stereocenters. The van der Waals surface area contributed by atoms with Gasteiger partial charge in [-0.25, -0.2) is 4.39 Å². The van der Waals surface area contributed by atoms with Crippen LogP contribution < -0.4 is 0 Å². The second-order valence-corrected chi connectivity index (χ2v) is 3.22. The maximum Gasteiger partial charge on any atom is 0.185 e. The molecule has 0 aliphatic heterocycles. The SMILES string of the molecule is O=C(/C=C\c1ccco1)c1ccc(F)cc1. The summed E-state index contributed by atoms with van der Waals surface area (Å²) < 4.78 is 17.7. The highest BCUT2D eigenvalue weighted by molar-refractivity contribution is 6.06. The summed E-state index contributed by atoms with van der Waals surface area (Å²) in [5.41, 5.74) is 0.448. The first-order valence-corrected chi connectivity index (χ1v) is 4.77. The number of rotatable bonds is 3. The quantitative estimate of drug-likeness (QED) is 0.582. The largest absolute Gasteiger partial charge is 0.465 e. The number of ketones is 1. The van der Waals surface area contributed by atoms with Gasteiger partial charge in [-0.1, -0.05) is 0 Å². The van der Waals surface area contributed by atoms with E-state index in [2.05, 4.69) is 0 Å². The van der Waals surface area contributed by atoms with Gasteiger partial charge in [0.1, 0.15) is 11.6 Å². The monoisotopic (exact) mass is 216 g/mol. The van der Waals surface area contributed by atoms with Gasteiger partial charge in [0.05, 0.1) is 6.26 Å². The van der Waals surface area contributed by atoms with Gasteiger partial charge in [0.25, 0.3) is 0 Å². The number of carbonyl (C=O) groups excluding carboxylic acids is 1. The van der Waals surface area contributed by atoms with Crippen LogP contribution in [-0.4, -0.2) is 5.78 Å². The molecule has 16 heavy (non-hydrogen) atoms. The van der Waals surface area contributed by atoms with Crippen LogP contribution in [0.25, 0.3) is 6.08 Å². The van der Waals surface area contributed by atoms with Crippen molar-refractivity contribution in [3.8, 4) is 0 Å². The molecular formula is C13H9FO2. The first-order chi connectivity index (χ1) is 7.75. The Labute approximate surface area is 92.0 Å². The van der Waals surface area contributed by atoms with Crippen LogP contribution in [0.15, 0.2) is 53.2 Å². The molecule has 2 nitrogen and oxygen atoms in total. The third-order valence-electron chi connectivity index (χ3n) is 2.07. The third-order valence-corrected chi connectivity index (χ3v) is 2.07. The zero-order valence-electron chi connectivity index (χ0n) is 8.39. The van der Waals surface area contributed by atoms with E-state index in [1.807, 2.05) is 0 Å². The number of hydrogen-bond donors (Lipinski definition) is 0. The molecule has 0 aliphatic carbocycles. The minimum absolute atomic E-state index is 0.184. The molecule has 0 saturated carbocycles. The molecular weight excluding hydrogens is 207 g/mol. The molecule has 1 aromatic carbocycles. The third kappa shape index (κ3) is 2.45. The van der Waals surface area contributed by atoms with E-state index < -0.39 is 0 Å². The zero-order chi connectivity index (χ0) is 11.4. The molecule has 0 N–H and O–H groups in total. The van der Waals surface area contributed by atoms with Crippen molar-refractivity contribution in [2.75, 3.05) is 0 Å². The Morgan fingerprint density at radius 3 is 2.56 bits per heavy atom. The Balaban J connectivity index is 2.11. The molecule has 0 radical (unpaired) electrons. The average Bonchev–Trinajstić information content (AvgIpc) is 2.80. The number of furan rings is 1. The van der Waals surface area contributed by atoms with Gasteiger partial charge in [-0.15, -0.1) is 0 Å². The van der Waals surface area contributed by atoms with Gasteiger partial charge in [-0.3, -0.25) is 4.79 Å². The lowest BCUT2D eigenvalue weighted by Crippen LogP contribution is -1.93. The molecule has 0 amide bonds. The highest BCUT2D eigenvalue weighted by atomic mass is 19.1. The fourth-order valence-corrected chi connectivity index (χ4v) is 1.25. The molecule has 1 aromatic heterocycles. The van der Waals surface area contributed by atoms with Crippen LogP contribution >= 0.6 is 0 Å². The minimum Gasteiger partial charge on any atom is -0.465 e. The summed E-state index contributed by atoms with van der Waals surface area (Å²) in [6.07, 6.45) is 4.50. The highest BCUT2D eigenvalue weighted by Crippen LogP contribution is 2.07. The van der Waals surface area contributed by atoms with E-state index in [4.69, 9.17) is 4.42 Å². The Kier molecular flexibility index (Phi) is 2.96. The van der Waals surface area contributed by atoms with Crippen LogP contribution in [0, 0.1) is 5.82 Å². The molecule has 2 aromatic rings. The van der Waals surface area contributed by atoms with E-state index in [9.17, 15) is 9.18 Å². The topological polar surface area (TPSA) is 30.2 Å². The van der Waals surface area contributed by atoms with Gasteiger partial charge in [0, 0.05) is 5.56 Å². The number of allylic oxidation sites excluding steroid dienone is 1. The van der Waals surface area contributed by atoms with E-state index in [-0.39, 0.29) is 11.6 Å². The Morgan fingerprint density at radius 2 is 1.94 bits per heavy atom. The van der Waals surface area contributed by atoms with Gasteiger partial charge < -0.3 is 4.42 Å². The van der Waals surface area contributed by atoms with Crippen molar-refractivity contribution in [3.05, 3.63) is 65.9 Å². The van der Waals surface area contributed by atoms with E-state index in [0.717, 1.165) is 0 Å². The van der Waals surface area contributed by atoms with Crippen LogP contribution in [0.1, 0.15) is 16.1 Å². The first-order valence-electron chi connectivity index (χ1n) is 4.77. The predicted molar refractivity (Wildman–Crippen MR) is 58.5 cm³/mol. The van der Waals surface area contributed by atoms with E-state index in [1.165, 1.54) is 36.6 Å². The van der Waals surface area contributed by atoms with Gasteiger partial charge in [-0.2, -0.15) is 0 Å². The Morgan fingerprint density at radius 1 is 1.19 bits per heavy atom. The highest BCUT2D eigenvalue weighted by Gasteiger charge is 2.01. The second-order valence-electron chi connectivity index (χ2n) is 3.22. The van der Waals surface area contributed by atoms with Gasteiger partial charge in [-0.05, 0) is 48.6 Å². The zero-order valence-corrected chi connectivity index (χ0v) is 8.39. The normalized spacial score (nSPS) is 10.8. The Bertz CT molecular complexity index is 495. The number of benzene rings is 1. The van der Waals surface area contributed by atoms with Crippen molar-refractivity contribution in [2.45, 2.75) is 0 Å².